The third-order valence-corrected chi connectivity index (χ3v) is 3.07. The molecule has 3 aromatic rings. The SMILES string of the molecule is O=C(Cn1nnc(-c2ccccc2)n1)N/N=C/c1ccc(O)cc1. The van der Waals surface area contributed by atoms with Crippen molar-refractivity contribution >= 4 is 12.1 Å². The molecular formula is C16H14N6O2. The van der Waals surface area contributed by atoms with Crippen molar-refractivity contribution in [3.8, 4) is 17.1 Å². The number of carbonyl (C=O) groups excluding carboxylic acids is 1. The molecule has 8 nitrogen and oxygen atoms in total. The summed E-state index contributed by atoms with van der Waals surface area (Å²) in [5.41, 5.74) is 3.96. The molecule has 0 atom stereocenters. The molecule has 8 heteroatoms. The van der Waals surface area contributed by atoms with Gasteiger partial charge in [0.05, 0.1) is 6.21 Å². The summed E-state index contributed by atoms with van der Waals surface area (Å²) in [6.07, 6.45) is 1.47. The first-order valence-electron chi connectivity index (χ1n) is 7.15. The zero-order valence-electron chi connectivity index (χ0n) is 12.6. The minimum atomic E-state index is -0.373. The number of hydrazone groups is 1. The normalized spacial score (nSPS) is 10.8. The number of aromatic nitrogens is 4. The first kappa shape index (κ1) is 15.3. The molecule has 0 aliphatic heterocycles. The van der Waals surface area contributed by atoms with E-state index in [9.17, 15) is 9.90 Å². The maximum atomic E-state index is 11.8. The lowest BCUT2D eigenvalue weighted by Crippen LogP contribution is -2.24. The topological polar surface area (TPSA) is 105 Å². The molecule has 3 rings (SSSR count). The number of tetrazole rings is 1. The Bertz CT molecular complexity index is 843. The van der Waals surface area contributed by atoms with Gasteiger partial charge in [0.2, 0.25) is 5.82 Å². The average molecular weight is 322 g/mol. The molecule has 0 aliphatic rings. The fourth-order valence-corrected chi connectivity index (χ4v) is 1.92. The summed E-state index contributed by atoms with van der Waals surface area (Å²) in [5.74, 6) is 0.251. The molecule has 0 fully saturated rings. The quantitative estimate of drug-likeness (QED) is 0.542. The highest BCUT2D eigenvalue weighted by atomic mass is 16.3. The minimum Gasteiger partial charge on any atom is -0.508 e. The van der Waals surface area contributed by atoms with Crippen LogP contribution in [0.3, 0.4) is 0 Å². The molecule has 0 aliphatic carbocycles. The van der Waals surface area contributed by atoms with Crippen LogP contribution in [0, 0.1) is 0 Å². The maximum absolute atomic E-state index is 11.8. The monoisotopic (exact) mass is 322 g/mol. The van der Waals surface area contributed by atoms with Crippen LogP contribution < -0.4 is 5.43 Å². The number of amides is 1. The molecule has 1 aromatic heterocycles. The largest absolute Gasteiger partial charge is 0.508 e. The predicted molar refractivity (Wildman–Crippen MR) is 87.1 cm³/mol. The Morgan fingerprint density at radius 2 is 1.92 bits per heavy atom. The van der Waals surface area contributed by atoms with E-state index in [1.54, 1.807) is 12.1 Å². The summed E-state index contributed by atoms with van der Waals surface area (Å²) >= 11 is 0. The van der Waals surface area contributed by atoms with Crippen molar-refractivity contribution in [2.75, 3.05) is 0 Å². The van der Waals surface area contributed by atoms with Gasteiger partial charge in [0, 0.05) is 5.56 Å². The standard InChI is InChI=1S/C16H14N6O2/c23-14-8-6-12(7-9-14)10-17-18-15(24)11-22-20-16(19-21-22)13-4-2-1-3-5-13/h1-10,23H,11H2,(H,18,24)/b17-10+. The molecule has 0 radical (unpaired) electrons. The van der Waals surface area contributed by atoms with E-state index in [1.807, 2.05) is 30.3 Å². The van der Waals surface area contributed by atoms with Gasteiger partial charge in [-0.25, -0.2) is 5.43 Å². The molecule has 2 aromatic carbocycles. The summed E-state index contributed by atoms with van der Waals surface area (Å²) < 4.78 is 0. The maximum Gasteiger partial charge on any atom is 0.263 e. The molecule has 2 N–H and O–H groups in total. The number of hydrogen-bond acceptors (Lipinski definition) is 6. The second kappa shape index (κ2) is 7.14. The number of carbonyl (C=O) groups is 1. The van der Waals surface area contributed by atoms with Gasteiger partial charge in [0.25, 0.3) is 5.91 Å². The Labute approximate surface area is 137 Å². The van der Waals surface area contributed by atoms with Gasteiger partial charge in [-0.15, -0.1) is 10.2 Å². The first-order valence-corrected chi connectivity index (χ1v) is 7.15. The third kappa shape index (κ3) is 4.01. The molecule has 1 amide bonds. The van der Waals surface area contributed by atoms with Crippen LogP contribution in [-0.2, 0) is 11.3 Å². The molecule has 1 heterocycles. The number of phenolic OH excluding ortho intramolecular Hbond substituents is 1. The highest BCUT2D eigenvalue weighted by Crippen LogP contribution is 2.11. The van der Waals surface area contributed by atoms with Crippen LogP contribution in [0.15, 0.2) is 59.7 Å². The van der Waals surface area contributed by atoms with Crippen LogP contribution >= 0.6 is 0 Å². The second-order valence-corrected chi connectivity index (χ2v) is 4.89. The molecule has 120 valence electrons. The lowest BCUT2D eigenvalue weighted by molar-refractivity contribution is -0.122. The number of benzene rings is 2. The smallest absolute Gasteiger partial charge is 0.263 e. The molecule has 0 unspecified atom stereocenters. The lowest BCUT2D eigenvalue weighted by atomic mass is 10.2. The lowest BCUT2D eigenvalue weighted by Gasteiger charge is -1.98. The van der Waals surface area contributed by atoms with Gasteiger partial charge in [-0.2, -0.15) is 9.90 Å². The Kier molecular flexibility index (Phi) is 4.57. The second-order valence-electron chi connectivity index (χ2n) is 4.89. The molecule has 0 spiro atoms. The van der Waals surface area contributed by atoms with Gasteiger partial charge in [-0.05, 0) is 35.0 Å². The van der Waals surface area contributed by atoms with Crippen molar-refractivity contribution in [1.29, 1.82) is 0 Å². The number of nitrogens with one attached hydrogen (secondary N) is 1. The van der Waals surface area contributed by atoms with E-state index < -0.39 is 0 Å². The van der Waals surface area contributed by atoms with E-state index in [0.29, 0.717) is 5.82 Å². The van der Waals surface area contributed by atoms with E-state index in [0.717, 1.165) is 11.1 Å². The zero-order valence-corrected chi connectivity index (χ0v) is 12.6. The van der Waals surface area contributed by atoms with Crippen LogP contribution in [0.25, 0.3) is 11.4 Å². The fraction of sp³-hybridized carbons (Fsp3) is 0.0625. The van der Waals surface area contributed by atoms with Gasteiger partial charge in [-0.1, -0.05) is 30.3 Å². The summed E-state index contributed by atoms with van der Waals surface area (Å²) in [5, 5.41) is 24.9. The van der Waals surface area contributed by atoms with Crippen molar-refractivity contribution in [3.63, 3.8) is 0 Å². The van der Waals surface area contributed by atoms with E-state index in [4.69, 9.17) is 0 Å². The first-order chi connectivity index (χ1) is 11.7. The molecule has 0 bridgehead atoms. The van der Waals surface area contributed by atoms with Gasteiger partial charge >= 0.3 is 0 Å². The molecule has 0 saturated heterocycles. The number of nitrogens with zero attached hydrogens (tertiary/aromatic N) is 5. The number of rotatable bonds is 5. The van der Waals surface area contributed by atoms with E-state index >= 15 is 0 Å². The van der Waals surface area contributed by atoms with Crippen LogP contribution in [-0.4, -0.2) is 37.4 Å². The number of phenols is 1. The highest BCUT2D eigenvalue weighted by molar-refractivity contribution is 5.82. The van der Waals surface area contributed by atoms with E-state index in [-0.39, 0.29) is 18.2 Å². The minimum absolute atomic E-state index is 0.0905. The van der Waals surface area contributed by atoms with Gasteiger partial charge in [-0.3, -0.25) is 4.79 Å². The zero-order chi connectivity index (χ0) is 16.8. The third-order valence-electron chi connectivity index (χ3n) is 3.07. The van der Waals surface area contributed by atoms with Gasteiger partial charge in [0.1, 0.15) is 12.3 Å². The average Bonchev–Trinajstić information content (AvgIpc) is 3.06. The Morgan fingerprint density at radius 3 is 2.67 bits per heavy atom. The summed E-state index contributed by atoms with van der Waals surface area (Å²) in [6, 6.07) is 15.8. The fourth-order valence-electron chi connectivity index (χ4n) is 1.92. The van der Waals surface area contributed by atoms with Crippen molar-refractivity contribution in [1.82, 2.24) is 25.6 Å². The van der Waals surface area contributed by atoms with Crippen molar-refractivity contribution < 1.29 is 9.90 Å². The van der Waals surface area contributed by atoms with E-state index in [2.05, 4.69) is 25.9 Å². The molecule has 24 heavy (non-hydrogen) atoms. The molecule has 0 saturated carbocycles. The molecular weight excluding hydrogens is 308 g/mol. The van der Waals surface area contributed by atoms with Crippen LogP contribution in [0.4, 0.5) is 0 Å². The van der Waals surface area contributed by atoms with E-state index in [1.165, 1.54) is 23.1 Å². The Balaban J connectivity index is 1.55. The van der Waals surface area contributed by atoms with Crippen molar-refractivity contribution in [2.24, 2.45) is 5.10 Å². The number of aromatic hydroxyl groups is 1. The van der Waals surface area contributed by atoms with Crippen LogP contribution in [0.2, 0.25) is 0 Å². The Morgan fingerprint density at radius 1 is 1.17 bits per heavy atom. The highest BCUT2D eigenvalue weighted by Gasteiger charge is 2.08. The van der Waals surface area contributed by atoms with Crippen LogP contribution in [0.5, 0.6) is 5.75 Å². The predicted octanol–water partition coefficient (Wildman–Crippen LogP) is 1.20. The number of hydrogen-bond donors (Lipinski definition) is 2. The van der Waals surface area contributed by atoms with Gasteiger partial charge in [0.15, 0.2) is 0 Å². The summed E-state index contributed by atoms with van der Waals surface area (Å²) in [7, 11) is 0. The summed E-state index contributed by atoms with van der Waals surface area (Å²) in [6.45, 7) is -0.0905. The van der Waals surface area contributed by atoms with Crippen LogP contribution in [0.1, 0.15) is 5.56 Å². The van der Waals surface area contributed by atoms with Gasteiger partial charge < -0.3 is 5.11 Å². The van der Waals surface area contributed by atoms with Crippen molar-refractivity contribution in [3.05, 3.63) is 60.2 Å². The Hall–Kier alpha value is -3.55. The summed E-state index contributed by atoms with van der Waals surface area (Å²) in [4.78, 5) is 13.0. The van der Waals surface area contributed by atoms with Crippen molar-refractivity contribution in [2.45, 2.75) is 6.54 Å².